The Morgan fingerprint density at radius 3 is 2.07 bits per heavy atom. The molecular formula is C12H18O2. The van der Waals surface area contributed by atoms with E-state index in [0.29, 0.717) is 11.8 Å². The maximum absolute atomic E-state index is 11.2. The lowest BCUT2D eigenvalue weighted by atomic mass is 9.44. The van der Waals surface area contributed by atoms with Crippen LogP contribution in [0.3, 0.4) is 0 Å². The summed E-state index contributed by atoms with van der Waals surface area (Å²) < 4.78 is 0. The molecule has 0 saturated heterocycles. The Labute approximate surface area is 84.7 Å². The second kappa shape index (κ2) is 2.74. The van der Waals surface area contributed by atoms with Gasteiger partial charge in [0.25, 0.3) is 0 Å². The molecule has 2 nitrogen and oxygen atoms in total. The Hall–Kier alpha value is -0.530. The Bertz CT molecular complexity index is 273. The van der Waals surface area contributed by atoms with Crippen LogP contribution in [-0.2, 0) is 4.79 Å². The van der Waals surface area contributed by atoms with Crippen LogP contribution in [-0.4, -0.2) is 11.1 Å². The molecule has 4 saturated carbocycles. The highest BCUT2D eigenvalue weighted by Gasteiger charge is 2.57. The van der Waals surface area contributed by atoms with Crippen molar-refractivity contribution >= 4 is 5.97 Å². The van der Waals surface area contributed by atoms with E-state index in [1.54, 1.807) is 0 Å². The van der Waals surface area contributed by atoms with E-state index >= 15 is 0 Å². The smallest absolute Gasteiger partial charge is 0.307 e. The average Bonchev–Trinajstić information content (AvgIpc) is 2.05. The fourth-order valence-electron chi connectivity index (χ4n) is 4.59. The molecule has 0 amide bonds. The van der Waals surface area contributed by atoms with Crippen LogP contribution in [0.15, 0.2) is 0 Å². The van der Waals surface area contributed by atoms with E-state index in [9.17, 15) is 9.90 Å². The number of hydrogen-bond acceptors (Lipinski definition) is 1. The largest absolute Gasteiger partial charge is 0.481 e. The predicted octanol–water partition coefficient (Wildman–Crippen LogP) is 2.39. The minimum absolute atomic E-state index is 0.0182. The zero-order valence-corrected chi connectivity index (χ0v) is 8.65. The summed E-state index contributed by atoms with van der Waals surface area (Å²) in [6.07, 6.45) is 5.18. The minimum atomic E-state index is -0.530. The number of hydrogen-bond donors (Lipinski definition) is 1. The third kappa shape index (κ3) is 0.896. The topological polar surface area (TPSA) is 37.3 Å². The summed E-state index contributed by atoms with van der Waals surface area (Å²) in [6.45, 7) is 2.17. The summed E-state index contributed by atoms with van der Waals surface area (Å²) in [6, 6.07) is 0. The van der Waals surface area contributed by atoms with E-state index < -0.39 is 5.97 Å². The lowest BCUT2D eigenvalue weighted by Gasteiger charge is -2.60. The zero-order valence-electron chi connectivity index (χ0n) is 8.65. The molecule has 78 valence electrons. The maximum Gasteiger partial charge on any atom is 0.307 e. The molecule has 0 aromatic heterocycles. The molecule has 0 aliphatic heterocycles. The van der Waals surface area contributed by atoms with E-state index in [-0.39, 0.29) is 5.92 Å². The van der Waals surface area contributed by atoms with Gasteiger partial charge >= 0.3 is 5.97 Å². The summed E-state index contributed by atoms with van der Waals surface area (Å²) in [4.78, 5) is 11.2. The third-order valence-corrected chi connectivity index (χ3v) is 5.30. The van der Waals surface area contributed by atoms with Crippen LogP contribution < -0.4 is 0 Å². The quantitative estimate of drug-likeness (QED) is 0.696. The summed E-state index contributed by atoms with van der Waals surface area (Å²) in [5, 5.41) is 9.26. The van der Waals surface area contributed by atoms with Gasteiger partial charge < -0.3 is 5.11 Å². The van der Waals surface area contributed by atoms with Gasteiger partial charge in [0, 0.05) is 0 Å². The average molecular weight is 194 g/mol. The molecule has 2 bridgehead atoms. The van der Waals surface area contributed by atoms with Gasteiger partial charge in [0.15, 0.2) is 0 Å². The number of carboxylic acids is 1. The summed E-state index contributed by atoms with van der Waals surface area (Å²) in [7, 11) is 0. The SMILES string of the molecule is CC1C2CCC(C3CCC23)C1C(=O)O. The van der Waals surface area contributed by atoms with Gasteiger partial charge in [-0.2, -0.15) is 0 Å². The number of carboxylic acid groups (broad SMARTS) is 1. The molecule has 2 heteroatoms. The third-order valence-electron chi connectivity index (χ3n) is 5.30. The van der Waals surface area contributed by atoms with Crippen molar-refractivity contribution in [2.75, 3.05) is 0 Å². The van der Waals surface area contributed by atoms with Crippen LogP contribution in [0.5, 0.6) is 0 Å². The molecule has 0 radical (unpaired) electrons. The maximum atomic E-state index is 11.2. The van der Waals surface area contributed by atoms with Crippen molar-refractivity contribution in [3.05, 3.63) is 0 Å². The molecule has 14 heavy (non-hydrogen) atoms. The zero-order chi connectivity index (χ0) is 9.87. The van der Waals surface area contributed by atoms with Crippen molar-refractivity contribution in [1.29, 1.82) is 0 Å². The number of carbonyl (C=O) groups is 1. The van der Waals surface area contributed by atoms with E-state index in [1.165, 1.54) is 25.7 Å². The first-order valence-electron chi connectivity index (χ1n) is 5.93. The summed E-state index contributed by atoms with van der Waals surface area (Å²) in [5.41, 5.74) is 0. The first kappa shape index (κ1) is 8.75. The van der Waals surface area contributed by atoms with Crippen LogP contribution in [0.1, 0.15) is 32.6 Å². The lowest BCUT2D eigenvalue weighted by Crippen LogP contribution is -2.56. The van der Waals surface area contributed by atoms with Gasteiger partial charge in [0.1, 0.15) is 0 Å². The van der Waals surface area contributed by atoms with Gasteiger partial charge in [-0.15, -0.1) is 0 Å². The van der Waals surface area contributed by atoms with Crippen LogP contribution in [0.2, 0.25) is 0 Å². The predicted molar refractivity (Wildman–Crippen MR) is 52.7 cm³/mol. The minimum Gasteiger partial charge on any atom is -0.481 e. The lowest BCUT2D eigenvalue weighted by molar-refractivity contribution is -0.169. The molecule has 0 heterocycles. The molecule has 6 unspecified atom stereocenters. The molecule has 0 aromatic carbocycles. The standard InChI is InChI=1S/C12H18O2/c1-6-7-2-5-10(11(6)12(13)14)9-4-3-8(7)9/h6-11H,2-5H2,1H3,(H,13,14). The Morgan fingerprint density at radius 1 is 1.00 bits per heavy atom. The van der Waals surface area contributed by atoms with Crippen molar-refractivity contribution < 1.29 is 9.90 Å². The molecule has 4 fully saturated rings. The van der Waals surface area contributed by atoms with Gasteiger partial charge in [-0.25, -0.2) is 0 Å². The Morgan fingerprint density at radius 2 is 1.50 bits per heavy atom. The molecule has 0 spiro atoms. The molecule has 4 aliphatic rings. The van der Waals surface area contributed by atoms with Crippen LogP contribution >= 0.6 is 0 Å². The van der Waals surface area contributed by atoms with Gasteiger partial charge in [0.05, 0.1) is 5.92 Å². The molecule has 6 atom stereocenters. The van der Waals surface area contributed by atoms with Crippen LogP contribution in [0, 0.1) is 35.5 Å². The van der Waals surface area contributed by atoms with Crippen molar-refractivity contribution in [2.24, 2.45) is 35.5 Å². The molecule has 0 aromatic rings. The number of aliphatic carboxylic acids is 1. The monoisotopic (exact) mass is 194 g/mol. The Balaban J connectivity index is 1.92. The van der Waals surface area contributed by atoms with E-state index in [2.05, 4.69) is 6.92 Å². The van der Waals surface area contributed by atoms with E-state index in [1.807, 2.05) is 0 Å². The highest BCUT2D eigenvalue weighted by atomic mass is 16.4. The molecular weight excluding hydrogens is 176 g/mol. The fraction of sp³-hybridized carbons (Fsp3) is 0.917. The molecule has 4 aliphatic carbocycles. The van der Waals surface area contributed by atoms with Gasteiger partial charge in [-0.05, 0) is 55.3 Å². The second-order valence-electron chi connectivity index (χ2n) is 5.53. The molecule has 4 rings (SSSR count). The van der Waals surface area contributed by atoms with Crippen LogP contribution in [0.25, 0.3) is 0 Å². The van der Waals surface area contributed by atoms with Gasteiger partial charge in [-0.3, -0.25) is 4.79 Å². The normalized spacial score (nSPS) is 54.9. The number of fused-ring (bicyclic) bond motifs is 2. The summed E-state index contributed by atoms with van der Waals surface area (Å²) >= 11 is 0. The van der Waals surface area contributed by atoms with Gasteiger partial charge in [0.2, 0.25) is 0 Å². The highest BCUT2D eigenvalue weighted by molar-refractivity contribution is 5.71. The summed E-state index contributed by atoms with van der Waals surface area (Å²) in [5.74, 6) is 2.83. The Kier molecular flexibility index (Phi) is 1.71. The van der Waals surface area contributed by atoms with Crippen molar-refractivity contribution in [1.82, 2.24) is 0 Å². The molecule has 1 N–H and O–H groups in total. The van der Waals surface area contributed by atoms with E-state index in [4.69, 9.17) is 0 Å². The fourth-order valence-corrected chi connectivity index (χ4v) is 4.59. The van der Waals surface area contributed by atoms with E-state index in [0.717, 1.165) is 17.8 Å². The first-order chi connectivity index (χ1) is 6.70. The van der Waals surface area contributed by atoms with Crippen molar-refractivity contribution in [2.45, 2.75) is 32.6 Å². The number of rotatable bonds is 1. The first-order valence-corrected chi connectivity index (χ1v) is 5.93. The second-order valence-corrected chi connectivity index (χ2v) is 5.53. The van der Waals surface area contributed by atoms with Crippen molar-refractivity contribution in [3.8, 4) is 0 Å². The highest BCUT2D eigenvalue weighted by Crippen LogP contribution is 2.61. The van der Waals surface area contributed by atoms with Gasteiger partial charge in [-0.1, -0.05) is 6.92 Å². The van der Waals surface area contributed by atoms with Crippen LogP contribution in [0.4, 0.5) is 0 Å². The van der Waals surface area contributed by atoms with Crippen molar-refractivity contribution in [3.63, 3.8) is 0 Å².